The molecule has 0 spiro atoms. The molecule has 0 N–H and O–H groups in total. The topological polar surface area (TPSA) is 45.0 Å². The minimum Gasteiger partial charge on any atom is -0.284 e. The summed E-state index contributed by atoms with van der Waals surface area (Å²) in [5.74, 6) is 0.111. The highest BCUT2D eigenvalue weighted by atomic mass is 32.2. The summed E-state index contributed by atoms with van der Waals surface area (Å²) in [6.07, 6.45) is 2.55. The average Bonchev–Trinajstić information content (AvgIpc) is 3.04. The fourth-order valence-electron chi connectivity index (χ4n) is 3.45. The fraction of sp³-hybridized carbons (Fsp3) is 0.208. The molecule has 0 saturated carbocycles. The first-order chi connectivity index (χ1) is 14.2. The van der Waals surface area contributed by atoms with Crippen LogP contribution in [-0.4, -0.2) is 27.4 Å². The summed E-state index contributed by atoms with van der Waals surface area (Å²) in [7, 11) is 0. The van der Waals surface area contributed by atoms with Crippen molar-refractivity contribution in [3.8, 4) is 0 Å². The number of carbonyl (C=O) groups excluding carboxylic acids is 1. The molecule has 0 bridgehead atoms. The second-order valence-corrected chi connectivity index (χ2v) is 8.23. The van der Waals surface area contributed by atoms with Crippen molar-refractivity contribution in [1.82, 2.24) is 4.90 Å². The molecule has 0 radical (unpaired) electrons. The van der Waals surface area contributed by atoms with E-state index < -0.39 is 0 Å². The summed E-state index contributed by atoms with van der Waals surface area (Å²) in [5, 5.41) is 11.7. The number of benzene rings is 3. The first-order valence-corrected chi connectivity index (χ1v) is 10.7. The Hall–Kier alpha value is -2.92. The van der Waals surface area contributed by atoms with E-state index in [9.17, 15) is 4.79 Å². The van der Waals surface area contributed by atoms with Crippen molar-refractivity contribution in [2.24, 2.45) is 10.2 Å². The molecule has 29 heavy (non-hydrogen) atoms. The minimum atomic E-state index is -0.0921. The third-order valence-corrected chi connectivity index (χ3v) is 6.48. The minimum absolute atomic E-state index is 0.0921. The largest absolute Gasteiger partial charge is 0.284 e. The number of amides is 1. The zero-order chi connectivity index (χ0) is 20.2. The molecule has 1 saturated heterocycles. The Morgan fingerprint density at radius 2 is 1.79 bits per heavy atom. The van der Waals surface area contributed by atoms with Gasteiger partial charge in [0.05, 0.1) is 18.0 Å². The summed E-state index contributed by atoms with van der Waals surface area (Å²) in [6.45, 7) is 4.62. The molecule has 5 heteroatoms. The first kappa shape index (κ1) is 19.4. The van der Waals surface area contributed by atoms with E-state index in [1.807, 2.05) is 43.3 Å². The Balaban J connectivity index is 1.62. The van der Waals surface area contributed by atoms with Gasteiger partial charge in [0.25, 0.3) is 0 Å². The third kappa shape index (κ3) is 4.10. The third-order valence-electron chi connectivity index (χ3n) is 5.14. The maximum absolute atomic E-state index is 12.8. The van der Waals surface area contributed by atoms with Gasteiger partial charge in [0.15, 0.2) is 5.17 Å². The molecule has 1 heterocycles. The number of rotatable bonds is 5. The monoisotopic (exact) mass is 401 g/mol. The van der Waals surface area contributed by atoms with E-state index in [0.717, 1.165) is 22.9 Å². The van der Waals surface area contributed by atoms with Gasteiger partial charge in [-0.3, -0.25) is 9.69 Å². The van der Waals surface area contributed by atoms with Crippen LogP contribution in [0.4, 0.5) is 0 Å². The summed E-state index contributed by atoms with van der Waals surface area (Å²) < 4.78 is 0. The lowest BCUT2D eigenvalue weighted by molar-refractivity contribution is -0.126. The van der Waals surface area contributed by atoms with E-state index >= 15 is 0 Å². The van der Waals surface area contributed by atoms with E-state index in [1.54, 1.807) is 11.1 Å². The van der Waals surface area contributed by atoms with Gasteiger partial charge in [-0.05, 0) is 35.2 Å². The number of nitrogens with zero attached hydrogens (tertiary/aromatic N) is 3. The second kappa shape index (κ2) is 8.62. The Morgan fingerprint density at radius 1 is 1.03 bits per heavy atom. The number of aryl methyl sites for hydroxylation is 1. The Labute approximate surface area is 175 Å². The van der Waals surface area contributed by atoms with Gasteiger partial charge in [-0.15, -0.1) is 5.10 Å². The maximum Gasteiger partial charge on any atom is 0.242 e. The molecular weight excluding hydrogens is 378 g/mol. The van der Waals surface area contributed by atoms with Crippen LogP contribution in [-0.2, 0) is 11.3 Å². The number of thioether (sulfide) groups is 1. The lowest BCUT2D eigenvalue weighted by Gasteiger charge is -2.17. The van der Waals surface area contributed by atoms with Gasteiger partial charge in [0, 0.05) is 5.56 Å². The molecule has 0 aromatic heterocycles. The van der Waals surface area contributed by atoms with Crippen molar-refractivity contribution < 1.29 is 4.79 Å². The van der Waals surface area contributed by atoms with Crippen LogP contribution < -0.4 is 0 Å². The van der Waals surface area contributed by atoms with E-state index in [1.165, 1.54) is 22.7 Å². The summed E-state index contributed by atoms with van der Waals surface area (Å²) >= 11 is 1.50. The summed E-state index contributed by atoms with van der Waals surface area (Å²) in [5.41, 5.74) is 3.31. The lowest BCUT2D eigenvalue weighted by Crippen LogP contribution is -2.31. The SMILES string of the molecule is CC[C@@H]1S/C(=N\N=C/c2cccc3ccccc23)N(Cc2ccccc2C)C1=O. The molecule has 146 valence electrons. The van der Waals surface area contributed by atoms with E-state index in [0.29, 0.717) is 11.7 Å². The number of hydrogen-bond donors (Lipinski definition) is 0. The summed E-state index contributed by atoms with van der Waals surface area (Å²) in [6, 6.07) is 22.5. The van der Waals surface area contributed by atoms with Crippen LogP contribution in [0.25, 0.3) is 10.8 Å². The van der Waals surface area contributed by atoms with Gasteiger partial charge in [0.2, 0.25) is 5.91 Å². The average molecular weight is 402 g/mol. The number of carbonyl (C=O) groups is 1. The molecule has 4 nitrogen and oxygen atoms in total. The molecule has 1 amide bonds. The Bertz CT molecular complexity index is 1100. The number of amidine groups is 1. The van der Waals surface area contributed by atoms with Crippen LogP contribution in [0.15, 0.2) is 76.9 Å². The fourth-order valence-corrected chi connectivity index (χ4v) is 4.48. The van der Waals surface area contributed by atoms with Crippen molar-refractivity contribution in [3.05, 3.63) is 83.4 Å². The quantitative estimate of drug-likeness (QED) is 0.425. The van der Waals surface area contributed by atoms with Crippen LogP contribution in [0, 0.1) is 6.92 Å². The standard InChI is InChI=1S/C24H23N3OS/c1-3-22-23(28)27(16-20-11-5-4-9-17(20)2)24(29-22)26-25-15-19-13-8-12-18-10-6-7-14-21(18)19/h4-15,22H,3,16H2,1-2H3/b25-15-,26-24-/t22-/m0/s1. The zero-order valence-electron chi connectivity index (χ0n) is 16.6. The van der Waals surface area contributed by atoms with Gasteiger partial charge in [-0.25, -0.2) is 0 Å². The number of hydrogen-bond acceptors (Lipinski definition) is 4. The second-order valence-electron chi connectivity index (χ2n) is 7.06. The molecule has 1 aliphatic heterocycles. The van der Waals surface area contributed by atoms with Crippen molar-refractivity contribution in [3.63, 3.8) is 0 Å². The Morgan fingerprint density at radius 3 is 2.62 bits per heavy atom. The number of fused-ring (bicyclic) bond motifs is 1. The molecule has 1 atom stereocenters. The van der Waals surface area contributed by atoms with Crippen LogP contribution in [0.3, 0.4) is 0 Å². The van der Waals surface area contributed by atoms with Crippen LogP contribution in [0.2, 0.25) is 0 Å². The van der Waals surface area contributed by atoms with Crippen molar-refractivity contribution >= 4 is 39.8 Å². The highest BCUT2D eigenvalue weighted by Gasteiger charge is 2.37. The van der Waals surface area contributed by atoms with Crippen molar-refractivity contribution in [1.29, 1.82) is 0 Å². The van der Waals surface area contributed by atoms with Gasteiger partial charge in [0.1, 0.15) is 0 Å². The predicted octanol–water partition coefficient (Wildman–Crippen LogP) is 5.39. The van der Waals surface area contributed by atoms with Crippen LogP contribution in [0.1, 0.15) is 30.0 Å². The van der Waals surface area contributed by atoms with Crippen LogP contribution >= 0.6 is 11.8 Å². The van der Waals surface area contributed by atoms with Gasteiger partial charge in [-0.2, -0.15) is 5.10 Å². The van der Waals surface area contributed by atoms with Crippen LogP contribution in [0.5, 0.6) is 0 Å². The van der Waals surface area contributed by atoms with Gasteiger partial charge < -0.3 is 0 Å². The molecular formula is C24H23N3OS. The van der Waals surface area contributed by atoms with Gasteiger partial charge in [-0.1, -0.05) is 85.4 Å². The molecule has 3 aromatic carbocycles. The van der Waals surface area contributed by atoms with Crippen molar-refractivity contribution in [2.45, 2.75) is 32.1 Å². The molecule has 4 rings (SSSR count). The summed E-state index contributed by atoms with van der Waals surface area (Å²) in [4.78, 5) is 14.6. The smallest absolute Gasteiger partial charge is 0.242 e. The lowest BCUT2D eigenvalue weighted by atomic mass is 10.1. The van der Waals surface area contributed by atoms with E-state index in [2.05, 4.69) is 47.5 Å². The zero-order valence-corrected chi connectivity index (χ0v) is 17.4. The van der Waals surface area contributed by atoms with Gasteiger partial charge >= 0.3 is 0 Å². The molecule has 1 fully saturated rings. The van der Waals surface area contributed by atoms with Crippen molar-refractivity contribution in [2.75, 3.05) is 0 Å². The molecule has 0 aliphatic carbocycles. The normalized spacial score (nSPS) is 18.4. The molecule has 1 aliphatic rings. The molecule has 0 unspecified atom stereocenters. The predicted molar refractivity (Wildman–Crippen MR) is 122 cm³/mol. The Kier molecular flexibility index (Phi) is 5.76. The van der Waals surface area contributed by atoms with E-state index in [-0.39, 0.29) is 11.2 Å². The highest BCUT2D eigenvalue weighted by Crippen LogP contribution is 2.31. The highest BCUT2D eigenvalue weighted by molar-refractivity contribution is 8.15. The molecule has 3 aromatic rings. The first-order valence-electron chi connectivity index (χ1n) is 9.78. The van der Waals surface area contributed by atoms with E-state index in [4.69, 9.17) is 0 Å². The maximum atomic E-state index is 12.8.